The number of hydrogen-bond acceptors (Lipinski definition) is 1. The van der Waals surface area contributed by atoms with Crippen LogP contribution < -0.4 is 5.32 Å². The Labute approximate surface area is 62.0 Å². The highest BCUT2D eigenvalue weighted by Crippen LogP contribution is 2.17. The molecule has 0 bridgehead atoms. The van der Waals surface area contributed by atoms with E-state index in [2.05, 4.69) is 5.32 Å². The fraction of sp³-hybridized carbons (Fsp3) is 1.00. The third kappa shape index (κ3) is 1.69. The summed E-state index contributed by atoms with van der Waals surface area (Å²) in [6, 6.07) is 0.139. The first kappa shape index (κ1) is 7.99. The summed E-state index contributed by atoms with van der Waals surface area (Å²) in [4.78, 5) is 0. The highest BCUT2D eigenvalue weighted by Gasteiger charge is 2.26. The first-order valence-corrected chi connectivity index (χ1v) is 4.09. The summed E-state index contributed by atoms with van der Waals surface area (Å²) in [5.41, 5.74) is 0. The van der Waals surface area contributed by atoms with Gasteiger partial charge in [-0.25, -0.2) is 4.39 Å². The largest absolute Gasteiger partial charge is 0.311 e. The maximum Gasteiger partial charge on any atom is 0.118 e. The first-order valence-electron chi connectivity index (χ1n) is 4.09. The van der Waals surface area contributed by atoms with Crippen molar-refractivity contribution in [2.24, 2.45) is 5.92 Å². The van der Waals surface area contributed by atoms with Crippen LogP contribution in [0.3, 0.4) is 0 Å². The summed E-state index contributed by atoms with van der Waals surface area (Å²) in [7, 11) is 0. The molecule has 1 heterocycles. The van der Waals surface area contributed by atoms with Gasteiger partial charge in [-0.3, -0.25) is 0 Å². The van der Waals surface area contributed by atoms with Gasteiger partial charge < -0.3 is 5.32 Å². The average molecular weight is 145 g/mol. The van der Waals surface area contributed by atoms with Crippen molar-refractivity contribution in [2.45, 2.75) is 38.9 Å². The van der Waals surface area contributed by atoms with Crippen LogP contribution in [-0.2, 0) is 0 Å². The van der Waals surface area contributed by atoms with Crippen LogP contribution in [0.25, 0.3) is 0 Å². The molecule has 10 heavy (non-hydrogen) atoms. The minimum absolute atomic E-state index is 0.139. The van der Waals surface area contributed by atoms with E-state index in [0.717, 1.165) is 19.4 Å². The van der Waals surface area contributed by atoms with Crippen LogP contribution in [0.15, 0.2) is 0 Å². The molecule has 0 spiro atoms. The number of nitrogens with one attached hydrogen (secondary N) is 1. The van der Waals surface area contributed by atoms with Crippen molar-refractivity contribution in [1.82, 2.24) is 5.32 Å². The summed E-state index contributed by atoms with van der Waals surface area (Å²) in [6.45, 7) is 4.87. The molecule has 0 aromatic heterocycles. The minimum atomic E-state index is -0.650. The van der Waals surface area contributed by atoms with E-state index in [1.807, 2.05) is 13.8 Å². The lowest BCUT2D eigenvalue weighted by atomic mass is 10.0. The number of alkyl halides is 1. The Hall–Kier alpha value is -0.110. The molecular weight excluding hydrogens is 129 g/mol. The van der Waals surface area contributed by atoms with Gasteiger partial charge in [0.05, 0.1) is 0 Å². The molecular formula is C8H16FN. The fourth-order valence-electron chi connectivity index (χ4n) is 1.45. The van der Waals surface area contributed by atoms with Gasteiger partial charge in [-0.15, -0.1) is 0 Å². The Morgan fingerprint density at radius 1 is 1.50 bits per heavy atom. The van der Waals surface area contributed by atoms with E-state index in [1.54, 1.807) is 0 Å². The van der Waals surface area contributed by atoms with Gasteiger partial charge in [0.15, 0.2) is 0 Å². The minimum Gasteiger partial charge on any atom is -0.311 e. The molecule has 1 nitrogen and oxygen atoms in total. The summed E-state index contributed by atoms with van der Waals surface area (Å²) in [5, 5.41) is 3.16. The summed E-state index contributed by atoms with van der Waals surface area (Å²) in [6.07, 6.45) is 1.50. The molecule has 0 unspecified atom stereocenters. The average Bonchev–Trinajstić information content (AvgIpc) is 2.36. The molecule has 0 aromatic rings. The summed E-state index contributed by atoms with van der Waals surface area (Å²) >= 11 is 0. The Morgan fingerprint density at radius 2 is 2.20 bits per heavy atom. The van der Waals surface area contributed by atoms with Crippen LogP contribution in [0.1, 0.15) is 26.7 Å². The monoisotopic (exact) mass is 145 g/mol. The van der Waals surface area contributed by atoms with E-state index >= 15 is 0 Å². The normalized spacial score (nSPS) is 29.4. The first-order chi connectivity index (χ1) is 4.72. The highest BCUT2D eigenvalue weighted by atomic mass is 19.1. The van der Waals surface area contributed by atoms with E-state index in [1.165, 1.54) is 0 Å². The van der Waals surface area contributed by atoms with Crippen molar-refractivity contribution < 1.29 is 4.39 Å². The van der Waals surface area contributed by atoms with Gasteiger partial charge in [0.2, 0.25) is 0 Å². The molecule has 1 N–H and O–H groups in total. The number of rotatable bonds is 2. The van der Waals surface area contributed by atoms with Gasteiger partial charge in [0, 0.05) is 6.04 Å². The molecule has 0 radical (unpaired) electrons. The van der Waals surface area contributed by atoms with Crippen LogP contribution >= 0.6 is 0 Å². The Kier molecular flexibility index (Phi) is 2.66. The van der Waals surface area contributed by atoms with Gasteiger partial charge in [-0.05, 0) is 25.3 Å². The van der Waals surface area contributed by atoms with Gasteiger partial charge in [0.25, 0.3) is 0 Å². The van der Waals surface area contributed by atoms with E-state index in [0.29, 0.717) is 0 Å². The smallest absolute Gasteiger partial charge is 0.118 e. The maximum absolute atomic E-state index is 13.2. The van der Waals surface area contributed by atoms with Crippen molar-refractivity contribution in [1.29, 1.82) is 0 Å². The van der Waals surface area contributed by atoms with Crippen LogP contribution in [0.4, 0.5) is 4.39 Å². The molecule has 1 saturated heterocycles. The van der Waals surface area contributed by atoms with Crippen molar-refractivity contribution in [3.8, 4) is 0 Å². The zero-order valence-corrected chi connectivity index (χ0v) is 6.73. The van der Waals surface area contributed by atoms with Crippen LogP contribution in [-0.4, -0.2) is 18.8 Å². The van der Waals surface area contributed by atoms with Crippen molar-refractivity contribution >= 4 is 0 Å². The van der Waals surface area contributed by atoms with Crippen molar-refractivity contribution in [2.75, 3.05) is 6.54 Å². The molecule has 1 aliphatic heterocycles. The standard InChI is InChI=1S/C8H16FN/c1-6(2)8(9)7-4-3-5-10-7/h6-8,10H,3-5H2,1-2H3/t7-,8+/m0/s1. The van der Waals surface area contributed by atoms with E-state index in [-0.39, 0.29) is 12.0 Å². The lowest BCUT2D eigenvalue weighted by molar-refractivity contribution is 0.201. The molecule has 60 valence electrons. The SMILES string of the molecule is CC(C)[C@@H](F)[C@@H]1CCCN1. The topological polar surface area (TPSA) is 12.0 Å². The second kappa shape index (κ2) is 3.33. The molecule has 1 rings (SSSR count). The zero-order chi connectivity index (χ0) is 7.56. The number of halogens is 1. The lowest BCUT2D eigenvalue weighted by Gasteiger charge is -2.18. The van der Waals surface area contributed by atoms with Crippen molar-refractivity contribution in [3.63, 3.8) is 0 Å². The lowest BCUT2D eigenvalue weighted by Crippen LogP contribution is -2.34. The Morgan fingerprint density at radius 3 is 2.60 bits per heavy atom. The molecule has 0 saturated carbocycles. The predicted octanol–water partition coefficient (Wildman–Crippen LogP) is 1.73. The van der Waals surface area contributed by atoms with Crippen LogP contribution in [0, 0.1) is 5.92 Å². The van der Waals surface area contributed by atoms with Gasteiger partial charge in [-0.2, -0.15) is 0 Å². The Bertz CT molecular complexity index is 97.4. The highest BCUT2D eigenvalue weighted by molar-refractivity contribution is 4.82. The maximum atomic E-state index is 13.2. The second-order valence-electron chi connectivity index (χ2n) is 3.39. The molecule has 1 aliphatic rings. The van der Waals surface area contributed by atoms with E-state index in [4.69, 9.17) is 0 Å². The zero-order valence-electron chi connectivity index (χ0n) is 6.73. The summed E-state index contributed by atoms with van der Waals surface area (Å²) < 4.78 is 13.2. The van der Waals surface area contributed by atoms with E-state index < -0.39 is 6.17 Å². The van der Waals surface area contributed by atoms with Crippen molar-refractivity contribution in [3.05, 3.63) is 0 Å². The quantitative estimate of drug-likeness (QED) is 0.624. The van der Waals surface area contributed by atoms with Gasteiger partial charge >= 0.3 is 0 Å². The van der Waals surface area contributed by atoms with Crippen LogP contribution in [0.2, 0.25) is 0 Å². The third-order valence-electron chi connectivity index (χ3n) is 2.12. The van der Waals surface area contributed by atoms with Crippen LogP contribution in [0.5, 0.6) is 0 Å². The second-order valence-corrected chi connectivity index (χ2v) is 3.39. The molecule has 1 fully saturated rings. The fourth-order valence-corrected chi connectivity index (χ4v) is 1.45. The molecule has 2 atom stereocenters. The molecule has 0 aromatic carbocycles. The molecule has 0 amide bonds. The third-order valence-corrected chi connectivity index (χ3v) is 2.12. The summed E-state index contributed by atoms with van der Waals surface area (Å²) in [5.74, 6) is 0.163. The predicted molar refractivity (Wildman–Crippen MR) is 40.8 cm³/mol. The van der Waals surface area contributed by atoms with Gasteiger partial charge in [0.1, 0.15) is 6.17 Å². The Balaban J connectivity index is 2.32. The number of hydrogen-bond donors (Lipinski definition) is 1. The molecule has 2 heteroatoms. The van der Waals surface area contributed by atoms with Gasteiger partial charge in [-0.1, -0.05) is 13.8 Å². The van der Waals surface area contributed by atoms with E-state index in [9.17, 15) is 4.39 Å². The molecule has 0 aliphatic carbocycles.